The van der Waals surface area contributed by atoms with Gasteiger partial charge in [0.2, 0.25) is 5.95 Å². The lowest BCUT2D eigenvalue weighted by atomic mass is 10.2. The fraction of sp³-hybridized carbons (Fsp3) is 0.545. The van der Waals surface area contributed by atoms with Crippen molar-refractivity contribution in [1.29, 1.82) is 0 Å². The molecule has 0 bridgehead atoms. The van der Waals surface area contributed by atoms with E-state index in [2.05, 4.69) is 27.3 Å². The molecular weight excluding hydrogens is 254 g/mol. The maximum absolute atomic E-state index is 6.14. The van der Waals surface area contributed by atoms with Crippen LogP contribution in [-0.2, 0) is 11.2 Å². The Morgan fingerprint density at radius 3 is 3.00 bits per heavy atom. The summed E-state index contributed by atoms with van der Waals surface area (Å²) in [5, 5.41) is 7.80. The summed E-state index contributed by atoms with van der Waals surface area (Å²) in [6.45, 7) is 3.34. The number of hydrogen-bond acceptors (Lipinski definition) is 5. The lowest BCUT2D eigenvalue weighted by molar-refractivity contribution is 0.210. The molecule has 0 radical (unpaired) electrons. The topological polar surface area (TPSA) is 64.3 Å². The monoisotopic (exact) mass is 269 g/mol. The van der Waals surface area contributed by atoms with E-state index in [0.717, 1.165) is 18.5 Å². The molecule has 0 saturated carbocycles. The van der Waals surface area contributed by atoms with Crippen molar-refractivity contribution in [3.63, 3.8) is 0 Å². The highest BCUT2D eigenvalue weighted by atomic mass is 35.5. The highest BCUT2D eigenvalue weighted by Gasteiger charge is 2.09. The average Bonchev–Trinajstić information content (AvgIpc) is 2.73. The highest BCUT2D eigenvalue weighted by Crippen LogP contribution is 2.14. The van der Waals surface area contributed by atoms with Crippen LogP contribution in [0.25, 0.3) is 5.78 Å². The second kappa shape index (κ2) is 5.97. The van der Waals surface area contributed by atoms with E-state index in [0.29, 0.717) is 30.0 Å². The molecule has 0 saturated heterocycles. The zero-order valence-electron chi connectivity index (χ0n) is 10.5. The van der Waals surface area contributed by atoms with E-state index in [-0.39, 0.29) is 0 Å². The van der Waals surface area contributed by atoms with Gasteiger partial charge in [-0.25, -0.2) is 4.98 Å². The predicted octanol–water partition coefficient (Wildman–Crippen LogP) is 1.79. The van der Waals surface area contributed by atoms with Gasteiger partial charge < -0.3 is 10.1 Å². The van der Waals surface area contributed by atoms with Crippen molar-refractivity contribution >= 4 is 23.3 Å². The van der Waals surface area contributed by atoms with Crippen molar-refractivity contribution in [2.45, 2.75) is 19.8 Å². The van der Waals surface area contributed by atoms with Crippen molar-refractivity contribution in [2.24, 2.45) is 0 Å². The highest BCUT2D eigenvalue weighted by molar-refractivity contribution is 6.29. The minimum Gasteiger partial charge on any atom is -0.383 e. The molecule has 98 valence electrons. The summed E-state index contributed by atoms with van der Waals surface area (Å²) in [5.74, 6) is 1.03. The van der Waals surface area contributed by atoms with E-state index in [9.17, 15) is 0 Å². The number of aryl methyl sites for hydroxylation is 1. The van der Waals surface area contributed by atoms with E-state index in [1.165, 1.54) is 4.52 Å². The summed E-state index contributed by atoms with van der Waals surface area (Å²) < 4.78 is 6.47. The molecule has 2 rings (SSSR count). The van der Waals surface area contributed by atoms with E-state index >= 15 is 0 Å². The Labute approximate surface area is 110 Å². The Kier molecular flexibility index (Phi) is 4.33. The molecule has 0 aliphatic rings. The molecule has 6 nitrogen and oxygen atoms in total. The Hall–Kier alpha value is -1.40. The quantitative estimate of drug-likeness (QED) is 0.640. The number of nitrogens with one attached hydrogen (secondary N) is 1. The molecule has 2 aromatic rings. The van der Waals surface area contributed by atoms with Gasteiger partial charge in [-0.15, -0.1) is 5.10 Å². The van der Waals surface area contributed by atoms with E-state index in [4.69, 9.17) is 16.3 Å². The van der Waals surface area contributed by atoms with Crippen molar-refractivity contribution in [2.75, 3.05) is 25.6 Å². The third-order valence-corrected chi connectivity index (χ3v) is 2.69. The first-order valence-electron chi connectivity index (χ1n) is 5.89. The molecular formula is C11H16ClN5O. The molecule has 0 aliphatic carbocycles. The second-order valence-electron chi connectivity index (χ2n) is 3.89. The SMILES string of the molecule is CCCc1cc(Cl)n2nc(NCCOC)nc2n1. The van der Waals surface area contributed by atoms with Crippen LogP contribution in [0.2, 0.25) is 5.15 Å². The first-order chi connectivity index (χ1) is 8.74. The van der Waals surface area contributed by atoms with E-state index in [1.807, 2.05) is 6.07 Å². The minimum atomic E-state index is 0.509. The van der Waals surface area contributed by atoms with Gasteiger partial charge in [0.1, 0.15) is 5.15 Å². The lowest BCUT2D eigenvalue weighted by Gasteiger charge is -1.99. The first kappa shape index (κ1) is 13.0. The zero-order chi connectivity index (χ0) is 13.0. The Morgan fingerprint density at radius 1 is 1.44 bits per heavy atom. The standard InChI is InChI=1S/C11H16ClN5O/c1-3-4-8-7-9(12)17-11(14-8)15-10(16-17)13-5-6-18-2/h7H,3-6H2,1-2H3,(H,13,16). The van der Waals surface area contributed by atoms with Crippen LogP contribution < -0.4 is 5.32 Å². The van der Waals surface area contributed by atoms with Gasteiger partial charge in [-0.1, -0.05) is 24.9 Å². The number of fused-ring (bicyclic) bond motifs is 1. The fourth-order valence-corrected chi connectivity index (χ4v) is 1.84. The fourth-order valence-electron chi connectivity index (χ4n) is 1.60. The summed E-state index contributed by atoms with van der Waals surface area (Å²) in [4.78, 5) is 8.69. The maximum atomic E-state index is 6.14. The smallest absolute Gasteiger partial charge is 0.255 e. The number of hydrogen-bond donors (Lipinski definition) is 1. The molecule has 0 atom stereocenters. The third-order valence-electron chi connectivity index (χ3n) is 2.42. The summed E-state index contributed by atoms with van der Waals surface area (Å²) in [6.07, 6.45) is 1.90. The number of rotatable bonds is 6. The number of nitrogens with zero attached hydrogens (tertiary/aromatic N) is 4. The third kappa shape index (κ3) is 2.88. The molecule has 0 fully saturated rings. The average molecular weight is 270 g/mol. The number of methoxy groups -OCH3 is 1. The van der Waals surface area contributed by atoms with Crippen LogP contribution in [0.3, 0.4) is 0 Å². The second-order valence-corrected chi connectivity index (χ2v) is 4.27. The van der Waals surface area contributed by atoms with Crippen LogP contribution >= 0.6 is 11.6 Å². The molecule has 0 amide bonds. The molecule has 2 heterocycles. The maximum Gasteiger partial charge on any atom is 0.255 e. The normalized spacial score (nSPS) is 11.1. The first-order valence-corrected chi connectivity index (χ1v) is 6.27. The molecule has 7 heteroatoms. The summed E-state index contributed by atoms with van der Waals surface area (Å²) >= 11 is 6.14. The van der Waals surface area contributed by atoms with E-state index in [1.54, 1.807) is 7.11 Å². The number of aromatic nitrogens is 4. The van der Waals surface area contributed by atoms with Crippen LogP contribution in [0, 0.1) is 0 Å². The predicted molar refractivity (Wildman–Crippen MR) is 70.2 cm³/mol. The Balaban J connectivity index is 2.23. The van der Waals surface area contributed by atoms with Gasteiger partial charge in [-0.3, -0.25) is 0 Å². The summed E-state index contributed by atoms with van der Waals surface area (Å²) in [5.41, 5.74) is 0.936. The van der Waals surface area contributed by atoms with Crippen LogP contribution in [-0.4, -0.2) is 39.8 Å². The van der Waals surface area contributed by atoms with E-state index < -0.39 is 0 Å². The summed E-state index contributed by atoms with van der Waals surface area (Å²) in [7, 11) is 1.65. The van der Waals surface area contributed by atoms with Crippen LogP contribution in [0.4, 0.5) is 5.95 Å². The van der Waals surface area contributed by atoms with Gasteiger partial charge in [0.05, 0.1) is 6.61 Å². The molecule has 0 aliphatic heterocycles. The molecule has 0 aromatic carbocycles. The molecule has 18 heavy (non-hydrogen) atoms. The van der Waals surface area contributed by atoms with Crippen molar-refractivity contribution in [1.82, 2.24) is 19.6 Å². The Morgan fingerprint density at radius 2 is 2.28 bits per heavy atom. The molecule has 0 spiro atoms. The van der Waals surface area contributed by atoms with Gasteiger partial charge in [-0.2, -0.15) is 9.50 Å². The number of anilines is 1. The van der Waals surface area contributed by atoms with Crippen LogP contribution in [0.15, 0.2) is 6.07 Å². The van der Waals surface area contributed by atoms with Gasteiger partial charge in [0.15, 0.2) is 0 Å². The molecule has 2 aromatic heterocycles. The number of ether oxygens (including phenoxy) is 1. The minimum absolute atomic E-state index is 0.509. The van der Waals surface area contributed by atoms with Gasteiger partial charge in [-0.05, 0) is 12.5 Å². The largest absolute Gasteiger partial charge is 0.383 e. The van der Waals surface area contributed by atoms with Gasteiger partial charge >= 0.3 is 0 Å². The summed E-state index contributed by atoms with van der Waals surface area (Å²) in [6, 6.07) is 1.83. The van der Waals surface area contributed by atoms with Crippen LogP contribution in [0.1, 0.15) is 19.0 Å². The molecule has 0 unspecified atom stereocenters. The van der Waals surface area contributed by atoms with Gasteiger partial charge in [0.25, 0.3) is 5.78 Å². The number of halogens is 1. The van der Waals surface area contributed by atoms with Crippen molar-refractivity contribution < 1.29 is 4.74 Å². The van der Waals surface area contributed by atoms with Crippen LogP contribution in [0.5, 0.6) is 0 Å². The van der Waals surface area contributed by atoms with Gasteiger partial charge in [0, 0.05) is 19.3 Å². The lowest BCUT2D eigenvalue weighted by Crippen LogP contribution is -2.08. The Bertz CT molecular complexity index is 527. The zero-order valence-corrected chi connectivity index (χ0v) is 11.2. The molecule has 1 N–H and O–H groups in total. The van der Waals surface area contributed by atoms with Crippen molar-refractivity contribution in [3.05, 3.63) is 16.9 Å². The van der Waals surface area contributed by atoms with Crippen molar-refractivity contribution in [3.8, 4) is 0 Å².